The molecule has 1 rings (SSSR count). The molecule has 0 fully saturated rings. The lowest BCUT2D eigenvalue weighted by Crippen LogP contribution is -2.16. The summed E-state index contributed by atoms with van der Waals surface area (Å²) in [5.41, 5.74) is 2.63. The van der Waals surface area contributed by atoms with Gasteiger partial charge in [0.2, 0.25) is 5.76 Å². The normalized spacial score (nSPS) is 12.8. The number of hydrogen-bond acceptors (Lipinski definition) is 4. The van der Waals surface area contributed by atoms with Crippen LogP contribution in [-0.2, 0) is 4.84 Å². The second-order valence-corrected chi connectivity index (χ2v) is 2.55. The number of carbonyl (C=O) groups is 1. The Balaban J connectivity index is 2.73. The van der Waals surface area contributed by atoms with Gasteiger partial charge in [-0.25, -0.2) is 4.79 Å². The molecule has 13 heavy (non-hydrogen) atoms. The van der Waals surface area contributed by atoms with Gasteiger partial charge in [0.15, 0.2) is 0 Å². The van der Waals surface area contributed by atoms with E-state index in [0.717, 1.165) is 0 Å². The van der Waals surface area contributed by atoms with E-state index in [4.69, 9.17) is 9.52 Å². The van der Waals surface area contributed by atoms with E-state index in [-0.39, 0.29) is 11.8 Å². The first-order valence-electron chi connectivity index (χ1n) is 3.76. The fraction of sp³-hybridized carbons (Fsp3) is 0.375. The summed E-state index contributed by atoms with van der Waals surface area (Å²) in [7, 11) is 1.48. The van der Waals surface area contributed by atoms with Crippen molar-refractivity contribution in [2.24, 2.45) is 0 Å². The van der Waals surface area contributed by atoms with Gasteiger partial charge in [0, 0.05) is 0 Å². The highest BCUT2D eigenvalue weighted by molar-refractivity contribution is 5.84. The third kappa shape index (κ3) is 2.30. The number of carboxylic acid groups (broad SMARTS) is 1. The maximum Gasteiger partial charge on any atom is 0.371 e. The Labute approximate surface area is 75.3 Å². The van der Waals surface area contributed by atoms with E-state index in [9.17, 15) is 4.79 Å². The molecule has 0 radical (unpaired) electrons. The molecule has 0 bridgehead atoms. The van der Waals surface area contributed by atoms with E-state index in [1.54, 1.807) is 13.0 Å². The molecular formula is C8H11NO4. The first-order chi connectivity index (χ1) is 6.15. The SMILES string of the molecule is CONC(C)c1ccc(C(=O)O)o1. The zero-order valence-corrected chi connectivity index (χ0v) is 7.40. The van der Waals surface area contributed by atoms with Gasteiger partial charge in [0.25, 0.3) is 0 Å². The summed E-state index contributed by atoms with van der Waals surface area (Å²) in [6.07, 6.45) is 0. The molecule has 0 aliphatic rings. The minimum absolute atomic E-state index is 0.0697. The van der Waals surface area contributed by atoms with Crippen molar-refractivity contribution in [3.05, 3.63) is 23.7 Å². The molecule has 1 aromatic heterocycles. The predicted molar refractivity (Wildman–Crippen MR) is 44.2 cm³/mol. The van der Waals surface area contributed by atoms with E-state index in [1.807, 2.05) is 0 Å². The maximum atomic E-state index is 10.4. The van der Waals surface area contributed by atoms with E-state index < -0.39 is 5.97 Å². The molecule has 0 amide bonds. The van der Waals surface area contributed by atoms with Crippen LogP contribution in [0.3, 0.4) is 0 Å². The molecule has 1 aromatic rings. The quantitative estimate of drug-likeness (QED) is 0.689. The van der Waals surface area contributed by atoms with Gasteiger partial charge in [-0.15, -0.1) is 0 Å². The predicted octanol–water partition coefficient (Wildman–Crippen LogP) is 1.19. The molecule has 72 valence electrons. The van der Waals surface area contributed by atoms with Gasteiger partial charge in [-0.2, -0.15) is 5.48 Å². The zero-order valence-electron chi connectivity index (χ0n) is 7.40. The van der Waals surface area contributed by atoms with E-state index in [0.29, 0.717) is 5.76 Å². The van der Waals surface area contributed by atoms with Gasteiger partial charge in [0.05, 0.1) is 13.2 Å². The second-order valence-electron chi connectivity index (χ2n) is 2.55. The lowest BCUT2D eigenvalue weighted by Gasteiger charge is -2.07. The fourth-order valence-corrected chi connectivity index (χ4v) is 0.935. The Hall–Kier alpha value is -1.33. The molecule has 2 N–H and O–H groups in total. The van der Waals surface area contributed by atoms with Gasteiger partial charge in [-0.3, -0.25) is 0 Å². The van der Waals surface area contributed by atoms with Crippen LogP contribution in [0.4, 0.5) is 0 Å². The molecule has 0 aromatic carbocycles. The summed E-state index contributed by atoms with van der Waals surface area (Å²) in [4.78, 5) is 15.1. The molecular weight excluding hydrogens is 174 g/mol. The Morgan fingerprint density at radius 2 is 2.38 bits per heavy atom. The molecule has 0 aliphatic carbocycles. The van der Waals surface area contributed by atoms with Crippen LogP contribution in [0.2, 0.25) is 0 Å². The van der Waals surface area contributed by atoms with Crippen LogP contribution >= 0.6 is 0 Å². The molecule has 5 heteroatoms. The van der Waals surface area contributed by atoms with Crippen molar-refractivity contribution in [2.45, 2.75) is 13.0 Å². The highest BCUT2D eigenvalue weighted by Gasteiger charge is 2.13. The minimum Gasteiger partial charge on any atom is -0.475 e. The van der Waals surface area contributed by atoms with Crippen LogP contribution in [0.25, 0.3) is 0 Å². The summed E-state index contributed by atoms with van der Waals surface area (Å²) in [6.45, 7) is 1.80. The Morgan fingerprint density at radius 3 is 2.85 bits per heavy atom. The Kier molecular flexibility index (Phi) is 3.05. The van der Waals surface area contributed by atoms with Gasteiger partial charge in [-0.1, -0.05) is 0 Å². The lowest BCUT2D eigenvalue weighted by molar-refractivity contribution is 0.0562. The van der Waals surface area contributed by atoms with Crippen LogP contribution in [0, 0.1) is 0 Å². The smallest absolute Gasteiger partial charge is 0.371 e. The number of furan rings is 1. The number of nitrogens with one attached hydrogen (secondary N) is 1. The van der Waals surface area contributed by atoms with E-state index in [1.165, 1.54) is 13.2 Å². The molecule has 0 spiro atoms. The zero-order chi connectivity index (χ0) is 9.84. The van der Waals surface area contributed by atoms with Gasteiger partial charge < -0.3 is 14.4 Å². The standard InChI is InChI=1S/C8H11NO4/c1-5(9-12-2)6-3-4-7(13-6)8(10)11/h3-5,9H,1-2H3,(H,10,11). The van der Waals surface area contributed by atoms with Crippen molar-refractivity contribution < 1.29 is 19.2 Å². The summed E-state index contributed by atoms with van der Waals surface area (Å²) in [6, 6.07) is 2.84. The largest absolute Gasteiger partial charge is 0.475 e. The first kappa shape index (κ1) is 9.76. The molecule has 0 aliphatic heterocycles. The summed E-state index contributed by atoms with van der Waals surface area (Å²) < 4.78 is 5.02. The van der Waals surface area contributed by atoms with Gasteiger partial charge >= 0.3 is 5.97 Å². The van der Waals surface area contributed by atoms with Crippen molar-refractivity contribution in [3.63, 3.8) is 0 Å². The van der Waals surface area contributed by atoms with Crippen LogP contribution < -0.4 is 5.48 Å². The monoisotopic (exact) mass is 185 g/mol. The second kappa shape index (κ2) is 4.06. The van der Waals surface area contributed by atoms with Crippen molar-refractivity contribution in [1.29, 1.82) is 0 Å². The Morgan fingerprint density at radius 1 is 1.69 bits per heavy atom. The van der Waals surface area contributed by atoms with Gasteiger partial charge in [-0.05, 0) is 19.1 Å². The lowest BCUT2D eigenvalue weighted by atomic mass is 10.3. The first-order valence-corrected chi connectivity index (χ1v) is 3.76. The van der Waals surface area contributed by atoms with Crippen LogP contribution in [0.1, 0.15) is 29.3 Å². The number of carboxylic acids is 1. The average Bonchev–Trinajstić information content (AvgIpc) is 2.52. The van der Waals surface area contributed by atoms with Crippen LogP contribution in [0.15, 0.2) is 16.5 Å². The molecule has 0 saturated carbocycles. The van der Waals surface area contributed by atoms with Crippen molar-refractivity contribution in [2.75, 3.05) is 7.11 Å². The minimum atomic E-state index is -1.07. The highest BCUT2D eigenvalue weighted by atomic mass is 16.6. The van der Waals surface area contributed by atoms with Gasteiger partial charge in [0.1, 0.15) is 5.76 Å². The third-order valence-electron chi connectivity index (χ3n) is 1.56. The van der Waals surface area contributed by atoms with Crippen molar-refractivity contribution in [1.82, 2.24) is 5.48 Å². The number of rotatable bonds is 4. The molecule has 1 heterocycles. The Bertz CT molecular complexity index is 294. The van der Waals surface area contributed by atoms with Crippen molar-refractivity contribution in [3.8, 4) is 0 Å². The maximum absolute atomic E-state index is 10.4. The molecule has 5 nitrogen and oxygen atoms in total. The van der Waals surface area contributed by atoms with E-state index >= 15 is 0 Å². The van der Waals surface area contributed by atoms with Crippen molar-refractivity contribution >= 4 is 5.97 Å². The highest BCUT2D eigenvalue weighted by Crippen LogP contribution is 2.15. The molecule has 1 atom stereocenters. The topological polar surface area (TPSA) is 71.7 Å². The number of hydroxylamine groups is 1. The molecule has 1 unspecified atom stereocenters. The summed E-state index contributed by atoms with van der Waals surface area (Å²) in [5.74, 6) is -0.616. The fourth-order valence-electron chi connectivity index (χ4n) is 0.935. The number of aromatic carboxylic acids is 1. The summed E-state index contributed by atoms with van der Waals surface area (Å²) >= 11 is 0. The van der Waals surface area contributed by atoms with Crippen LogP contribution in [-0.4, -0.2) is 18.2 Å². The van der Waals surface area contributed by atoms with E-state index in [2.05, 4.69) is 10.3 Å². The number of hydrogen-bond donors (Lipinski definition) is 2. The van der Waals surface area contributed by atoms with Crippen LogP contribution in [0.5, 0.6) is 0 Å². The molecule has 0 saturated heterocycles. The third-order valence-corrected chi connectivity index (χ3v) is 1.56. The summed E-state index contributed by atoms with van der Waals surface area (Å²) in [5, 5.41) is 8.56. The average molecular weight is 185 g/mol.